The highest BCUT2D eigenvalue weighted by Gasteiger charge is 2.54. The Morgan fingerprint density at radius 3 is 2.32 bits per heavy atom. The van der Waals surface area contributed by atoms with Crippen molar-refractivity contribution in [1.29, 1.82) is 0 Å². The number of hydrogen-bond donors (Lipinski definition) is 0. The topological polar surface area (TPSA) is 78.9 Å². The van der Waals surface area contributed by atoms with Crippen molar-refractivity contribution in [2.24, 2.45) is 22.7 Å². The van der Waals surface area contributed by atoms with Gasteiger partial charge in [-0.2, -0.15) is 0 Å². The zero-order valence-corrected chi connectivity index (χ0v) is 18.0. The van der Waals surface area contributed by atoms with E-state index in [1.54, 1.807) is 0 Å². The molecule has 0 saturated heterocycles. The quantitative estimate of drug-likeness (QED) is 0.387. The molecule has 6 nitrogen and oxygen atoms in total. The van der Waals surface area contributed by atoms with Gasteiger partial charge in [0.1, 0.15) is 13.2 Å². The van der Waals surface area contributed by atoms with Crippen LogP contribution in [-0.4, -0.2) is 37.2 Å². The minimum Gasteiger partial charge on any atom is -0.462 e. The molecule has 158 valence electrons. The summed E-state index contributed by atoms with van der Waals surface area (Å²) in [7, 11) is 0. The van der Waals surface area contributed by atoms with Crippen molar-refractivity contribution in [2.75, 3.05) is 13.2 Å². The zero-order valence-electron chi connectivity index (χ0n) is 18.0. The van der Waals surface area contributed by atoms with Gasteiger partial charge in [-0.05, 0) is 42.9 Å². The molecule has 0 unspecified atom stereocenters. The number of fused-ring (bicyclic) bond motifs is 1. The third kappa shape index (κ3) is 4.95. The fraction of sp³-hybridized carbons (Fsp3) is 0.773. The van der Waals surface area contributed by atoms with E-state index in [1.165, 1.54) is 20.3 Å². The van der Waals surface area contributed by atoms with Gasteiger partial charge >= 0.3 is 17.9 Å². The van der Waals surface area contributed by atoms with Crippen molar-refractivity contribution >= 4 is 17.9 Å². The smallest absolute Gasteiger partial charge is 0.313 e. The van der Waals surface area contributed by atoms with Gasteiger partial charge in [-0.3, -0.25) is 14.4 Å². The molecule has 0 bridgehead atoms. The SMILES string of the molecule is CC(=O)OC[C@@H](COC(=O)[C@H]1C(C)=CC[C@@H]2C(C)(C)CCC[C@]12C)OC(C)=O. The molecule has 0 radical (unpaired) electrons. The van der Waals surface area contributed by atoms with E-state index in [0.29, 0.717) is 5.92 Å². The lowest BCUT2D eigenvalue weighted by Crippen LogP contribution is -2.51. The van der Waals surface area contributed by atoms with Crippen LogP contribution in [0.2, 0.25) is 0 Å². The third-order valence-corrected chi connectivity index (χ3v) is 6.52. The average Bonchev–Trinajstić information content (AvgIpc) is 2.55. The molecule has 0 aromatic heterocycles. The Balaban J connectivity index is 2.12. The van der Waals surface area contributed by atoms with Gasteiger partial charge in [0.25, 0.3) is 0 Å². The summed E-state index contributed by atoms with van der Waals surface area (Å²) in [4.78, 5) is 35.4. The summed E-state index contributed by atoms with van der Waals surface area (Å²) in [6, 6.07) is 0. The molecule has 0 spiro atoms. The van der Waals surface area contributed by atoms with Crippen LogP contribution >= 0.6 is 0 Å². The maximum Gasteiger partial charge on any atom is 0.313 e. The molecule has 0 heterocycles. The second kappa shape index (κ2) is 8.66. The molecule has 0 aromatic rings. The number of carbonyl (C=O) groups is 3. The number of carbonyl (C=O) groups excluding carboxylic acids is 3. The molecule has 0 aromatic carbocycles. The fourth-order valence-electron chi connectivity index (χ4n) is 5.32. The Kier molecular flexibility index (Phi) is 6.94. The van der Waals surface area contributed by atoms with Crippen LogP contribution in [0.15, 0.2) is 11.6 Å². The van der Waals surface area contributed by atoms with Crippen LogP contribution in [0.5, 0.6) is 0 Å². The van der Waals surface area contributed by atoms with Gasteiger partial charge in [-0.1, -0.05) is 38.8 Å². The van der Waals surface area contributed by atoms with E-state index in [0.717, 1.165) is 24.8 Å². The number of hydrogen-bond acceptors (Lipinski definition) is 6. The van der Waals surface area contributed by atoms with E-state index in [1.807, 2.05) is 6.92 Å². The van der Waals surface area contributed by atoms with Crippen LogP contribution in [0, 0.1) is 22.7 Å². The van der Waals surface area contributed by atoms with Crippen LogP contribution in [0.1, 0.15) is 67.2 Å². The van der Waals surface area contributed by atoms with E-state index < -0.39 is 18.0 Å². The Labute approximate surface area is 168 Å². The van der Waals surface area contributed by atoms with E-state index in [4.69, 9.17) is 14.2 Å². The largest absolute Gasteiger partial charge is 0.462 e. The van der Waals surface area contributed by atoms with Crippen molar-refractivity contribution in [2.45, 2.75) is 73.3 Å². The molecular formula is C22H34O6. The van der Waals surface area contributed by atoms with E-state index in [-0.39, 0.29) is 35.9 Å². The van der Waals surface area contributed by atoms with Crippen molar-refractivity contribution in [1.82, 2.24) is 0 Å². The molecular weight excluding hydrogens is 360 g/mol. The van der Waals surface area contributed by atoms with Gasteiger partial charge in [0.05, 0.1) is 5.92 Å². The standard InChI is InChI=1S/C22H34O6/c1-14-8-9-18-21(4,5)10-7-11-22(18,6)19(14)20(25)27-13-17(28-16(3)24)12-26-15(2)23/h8,17-19H,7,9-13H2,1-6H3/t17-,18+,19+,22-/m0/s1. The van der Waals surface area contributed by atoms with Crippen LogP contribution < -0.4 is 0 Å². The summed E-state index contributed by atoms with van der Waals surface area (Å²) >= 11 is 0. The van der Waals surface area contributed by atoms with Crippen molar-refractivity contribution in [3.8, 4) is 0 Å². The van der Waals surface area contributed by atoms with Crippen molar-refractivity contribution in [3.63, 3.8) is 0 Å². The van der Waals surface area contributed by atoms with Gasteiger partial charge in [-0.25, -0.2) is 0 Å². The zero-order chi connectivity index (χ0) is 21.1. The maximum absolute atomic E-state index is 13.1. The first-order valence-corrected chi connectivity index (χ1v) is 10.1. The van der Waals surface area contributed by atoms with Crippen LogP contribution in [0.3, 0.4) is 0 Å². The van der Waals surface area contributed by atoms with E-state index >= 15 is 0 Å². The predicted molar refractivity (Wildman–Crippen MR) is 104 cm³/mol. The first kappa shape index (κ1) is 22.4. The van der Waals surface area contributed by atoms with Crippen molar-refractivity contribution < 1.29 is 28.6 Å². The van der Waals surface area contributed by atoms with Gasteiger partial charge < -0.3 is 14.2 Å². The Hall–Kier alpha value is -1.85. The highest BCUT2D eigenvalue weighted by atomic mass is 16.6. The van der Waals surface area contributed by atoms with E-state index in [9.17, 15) is 14.4 Å². The number of allylic oxidation sites excluding steroid dienone is 1. The maximum atomic E-state index is 13.1. The van der Waals surface area contributed by atoms with Gasteiger partial charge in [0.15, 0.2) is 6.10 Å². The molecule has 4 atom stereocenters. The third-order valence-electron chi connectivity index (χ3n) is 6.52. The molecule has 2 aliphatic rings. The molecule has 0 N–H and O–H groups in total. The lowest BCUT2D eigenvalue weighted by Gasteiger charge is -2.55. The lowest BCUT2D eigenvalue weighted by atomic mass is 9.49. The summed E-state index contributed by atoms with van der Waals surface area (Å²) in [5.74, 6) is -1.17. The highest BCUT2D eigenvalue weighted by molar-refractivity contribution is 5.77. The highest BCUT2D eigenvalue weighted by Crippen LogP contribution is 2.59. The Morgan fingerprint density at radius 1 is 1.07 bits per heavy atom. The first-order chi connectivity index (χ1) is 13.0. The second-order valence-corrected chi connectivity index (χ2v) is 9.18. The monoisotopic (exact) mass is 394 g/mol. The minimum atomic E-state index is -0.801. The predicted octanol–water partition coefficient (Wildman–Crippen LogP) is 3.82. The minimum absolute atomic E-state index is 0.125. The molecule has 28 heavy (non-hydrogen) atoms. The first-order valence-electron chi connectivity index (χ1n) is 10.1. The molecule has 0 aliphatic heterocycles. The molecule has 6 heteroatoms. The lowest BCUT2D eigenvalue weighted by molar-refractivity contribution is -0.170. The van der Waals surface area contributed by atoms with Crippen LogP contribution in [0.25, 0.3) is 0 Å². The summed E-state index contributed by atoms with van der Waals surface area (Å²) in [6.45, 7) is 11.1. The summed E-state index contributed by atoms with van der Waals surface area (Å²) in [5.41, 5.74) is 1.08. The molecule has 1 fully saturated rings. The molecule has 2 rings (SSSR count). The molecule has 2 aliphatic carbocycles. The van der Waals surface area contributed by atoms with Crippen LogP contribution in [-0.2, 0) is 28.6 Å². The van der Waals surface area contributed by atoms with E-state index in [2.05, 4.69) is 26.8 Å². The molecule has 0 amide bonds. The normalized spacial score (nSPS) is 29.7. The summed E-state index contributed by atoms with van der Waals surface area (Å²) in [5, 5.41) is 0. The van der Waals surface area contributed by atoms with Gasteiger partial charge in [0.2, 0.25) is 0 Å². The summed E-state index contributed by atoms with van der Waals surface area (Å²) in [6.07, 6.45) is 5.62. The number of esters is 3. The summed E-state index contributed by atoms with van der Waals surface area (Å²) < 4.78 is 15.6. The second-order valence-electron chi connectivity index (χ2n) is 9.18. The molecule has 1 saturated carbocycles. The van der Waals surface area contributed by atoms with Gasteiger partial charge in [0, 0.05) is 13.8 Å². The Morgan fingerprint density at radius 2 is 1.71 bits per heavy atom. The van der Waals surface area contributed by atoms with Gasteiger partial charge in [-0.15, -0.1) is 0 Å². The number of rotatable bonds is 6. The number of ether oxygens (including phenoxy) is 3. The Bertz CT molecular complexity index is 649. The average molecular weight is 395 g/mol. The van der Waals surface area contributed by atoms with Crippen LogP contribution in [0.4, 0.5) is 0 Å². The fourth-order valence-corrected chi connectivity index (χ4v) is 5.32. The van der Waals surface area contributed by atoms with Crippen molar-refractivity contribution in [3.05, 3.63) is 11.6 Å².